The van der Waals surface area contributed by atoms with Crippen LogP contribution < -0.4 is 5.32 Å². The van der Waals surface area contributed by atoms with Crippen molar-refractivity contribution in [3.63, 3.8) is 0 Å². The third-order valence-electron chi connectivity index (χ3n) is 4.50. The molecule has 1 aromatic carbocycles. The Kier molecular flexibility index (Phi) is 3.94. The topological polar surface area (TPSA) is 51.5 Å². The monoisotopic (exact) mass is 322 g/mol. The standard InChI is InChI=1S/C19H22N4O/c1-13-5-7-15(8-6-13)17-12-21-23-18(10-14(2)22-19(17)23)20-11-16-4-3-9-24-16/h5-8,10,12,16,20H,3-4,9,11H2,1-2H3. The summed E-state index contributed by atoms with van der Waals surface area (Å²) in [5.74, 6) is 0.964. The first-order valence-corrected chi connectivity index (χ1v) is 8.48. The van der Waals surface area contributed by atoms with Gasteiger partial charge in [0.15, 0.2) is 5.65 Å². The molecule has 24 heavy (non-hydrogen) atoms. The molecule has 0 radical (unpaired) electrons. The van der Waals surface area contributed by atoms with Crippen LogP contribution in [0.3, 0.4) is 0 Å². The van der Waals surface area contributed by atoms with Crippen LogP contribution in [0.5, 0.6) is 0 Å². The summed E-state index contributed by atoms with van der Waals surface area (Å²) in [4.78, 5) is 4.70. The number of nitrogens with zero attached hydrogens (tertiary/aromatic N) is 3. The number of hydrogen-bond acceptors (Lipinski definition) is 4. The smallest absolute Gasteiger partial charge is 0.165 e. The molecule has 4 rings (SSSR count). The van der Waals surface area contributed by atoms with Crippen molar-refractivity contribution in [3.8, 4) is 11.1 Å². The zero-order valence-electron chi connectivity index (χ0n) is 14.1. The minimum atomic E-state index is 0.292. The van der Waals surface area contributed by atoms with Crippen LogP contribution in [0.25, 0.3) is 16.8 Å². The van der Waals surface area contributed by atoms with Gasteiger partial charge in [-0.1, -0.05) is 29.8 Å². The fourth-order valence-electron chi connectivity index (χ4n) is 3.17. The first-order valence-electron chi connectivity index (χ1n) is 8.48. The lowest BCUT2D eigenvalue weighted by atomic mass is 10.1. The molecule has 1 fully saturated rings. The number of anilines is 1. The van der Waals surface area contributed by atoms with E-state index in [1.165, 1.54) is 5.56 Å². The molecule has 5 heteroatoms. The van der Waals surface area contributed by atoms with E-state index < -0.39 is 0 Å². The minimum Gasteiger partial charge on any atom is -0.376 e. The summed E-state index contributed by atoms with van der Waals surface area (Å²) >= 11 is 0. The van der Waals surface area contributed by atoms with Crippen molar-refractivity contribution in [1.29, 1.82) is 0 Å². The number of benzene rings is 1. The van der Waals surface area contributed by atoms with E-state index in [-0.39, 0.29) is 0 Å². The number of aromatic nitrogens is 3. The fourth-order valence-corrected chi connectivity index (χ4v) is 3.17. The van der Waals surface area contributed by atoms with Gasteiger partial charge in [0.1, 0.15) is 5.82 Å². The SMILES string of the molecule is Cc1ccc(-c2cnn3c(NCC4CCCO4)cc(C)nc23)cc1. The highest BCUT2D eigenvalue weighted by molar-refractivity contribution is 5.78. The maximum absolute atomic E-state index is 5.69. The highest BCUT2D eigenvalue weighted by Crippen LogP contribution is 2.26. The molecule has 0 saturated carbocycles. The van der Waals surface area contributed by atoms with E-state index >= 15 is 0 Å². The second-order valence-corrected chi connectivity index (χ2v) is 6.46. The van der Waals surface area contributed by atoms with Crippen LogP contribution >= 0.6 is 0 Å². The Labute approximate surface area is 141 Å². The zero-order valence-corrected chi connectivity index (χ0v) is 14.1. The molecular formula is C19H22N4O. The fraction of sp³-hybridized carbons (Fsp3) is 0.368. The van der Waals surface area contributed by atoms with E-state index in [0.717, 1.165) is 54.3 Å². The Balaban J connectivity index is 1.69. The van der Waals surface area contributed by atoms with E-state index in [9.17, 15) is 0 Å². The van der Waals surface area contributed by atoms with Crippen molar-refractivity contribution in [2.24, 2.45) is 0 Å². The van der Waals surface area contributed by atoms with Crippen molar-refractivity contribution in [1.82, 2.24) is 14.6 Å². The average Bonchev–Trinajstić information content (AvgIpc) is 3.23. The number of hydrogen-bond donors (Lipinski definition) is 1. The zero-order chi connectivity index (χ0) is 16.5. The molecule has 3 aromatic rings. The van der Waals surface area contributed by atoms with E-state index in [0.29, 0.717) is 6.10 Å². The average molecular weight is 322 g/mol. The predicted molar refractivity (Wildman–Crippen MR) is 95.4 cm³/mol. The number of rotatable bonds is 4. The molecule has 1 aliphatic heterocycles. The minimum absolute atomic E-state index is 0.292. The summed E-state index contributed by atoms with van der Waals surface area (Å²) in [6.07, 6.45) is 4.45. The lowest BCUT2D eigenvalue weighted by Gasteiger charge is -2.13. The summed E-state index contributed by atoms with van der Waals surface area (Å²) in [7, 11) is 0. The highest BCUT2D eigenvalue weighted by Gasteiger charge is 2.17. The van der Waals surface area contributed by atoms with Gasteiger partial charge in [0, 0.05) is 30.5 Å². The molecule has 0 bridgehead atoms. The van der Waals surface area contributed by atoms with Gasteiger partial charge in [0.2, 0.25) is 0 Å². The summed E-state index contributed by atoms with van der Waals surface area (Å²) in [6, 6.07) is 10.5. The molecule has 1 N–H and O–H groups in total. The van der Waals surface area contributed by atoms with Crippen LogP contribution in [-0.2, 0) is 4.74 Å². The summed E-state index contributed by atoms with van der Waals surface area (Å²) in [5.41, 5.74) is 5.30. The molecule has 1 unspecified atom stereocenters. The van der Waals surface area contributed by atoms with Gasteiger partial charge in [-0.05, 0) is 32.3 Å². The third kappa shape index (κ3) is 2.87. The van der Waals surface area contributed by atoms with Gasteiger partial charge in [-0.15, -0.1) is 0 Å². The number of ether oxygens (including phenoxy) is 1. The van der Waals surface area contributed by atoms with Crippen LogP contribution in [0.15, 0.2) is 36.5 Å². The second-order valence-electron chi connectivity index (χ2n) is 6.46. The van der Waals surface area contributed by atoms with E-state index in [1.807, 2.05) is 23.7 Å². The lowest BCUT2D eigenvalue weighted by Crippen LogP contribution is -2.20. The molecule has 1 aliphatic rings. The number of nitrogens with one attached hydrogen (secondary N) is 1. The first kappa shape index (κ1) is 15.1. The molecule has 2 aromatic heterocycles. The third-order valence-corrected chi connectivity index (χ3v) is 4.50. The Morgan fingerprint density at radius 2 is 2.08 bits per heavy atom. The van der Waals surface area contributed by atoms with Gasteiger partial charge < -0.3 is 10.1 Å². The van der Waals surface area contributed by atoms with Crippen molar-refractivity contribution in [2.45, 2.75) is 32.8 Å². The highest BCUT2D eigenvalue weighted by atomic mass is 16.5. The van der Waals surface area contributed by atoms with Crippen LogP contribution in [-0.4, -0.2) is 33.9 Å². The van der Waals surface area contributed by atoms with Crippen molar-refractivity contribution < 1.29 is 4.74 Å². The Bertz CT molecular complexity index is 848. The van der Waals surface area contributed by atoms with Crippen LogP contribution in [0.4, 0.5) is 5.82 Å². The van der Waals surface area contributed by atoms with Gasteiger partial charge >= 0.3 is 0 Å². The first-order chi connectivity index (χ1) is 11.7. The van der Waals surface area contributed by atoms with Crippen LogP contribution in [0.1, 0.15) is 24.1 Å². The Morgan fingerprint density at radius 1 is 1.25 bits per heavy atom. The van der Waals surface area contributed by atoms with Crippen LogP contribution in [0.2, 0.25) is 0 Å². The van der Waals surface area contributed by atoms with E-state index in [1.54, 1.807) is 0 Å². The molecular weight excluding hydrogens is 300 g/mol. The van der Waals surface area contributed by atoms with Crippen LogP contribution in [0, 0.1) is 13.8 Å². The molecule has 124 valence electrons. The van der Waals surface area contributed by atoms with Gasteiger partial charge in [-0.25, -0.2) is 4.98 Å². The van der Waals surface area contributed by atoms with Crippen molar-refractivity contribution in [3.05, 3.63) is 47.8 Å². The lowest BCUT2D eigenvalue weighted by molar-refractivity contribution is 0.120. The number of aryl methyl sites for hydroxylation is 2. The second kappa shape index (κ2) is 6.24. The molecule has 0 amide bonds. The molecule has 3 heterocycles. The van der Waals surface area contributed by atoms with Gasteiger partial charge in [0.25, 0.3) is 0 Å². The maximum Gasteiger partial charge on any atom is 0.165 e. The normalized spacial score (nSPS) is 17.5. The molecule has 0 spiro atoms. The van der Waals surface area contributed by atoms with Gasteiger partial charge in [-0.3, -0.25) is 0 Å². The molecule has 5 nitrogen and oxygen atoms in total. The largest absolute Gasteiger partial charge is 0.376 e. The van der Waals surface area contributed by atoms with E-state index in [4.69, 9.17) is 9.72 Å². The van der Waals surface area contributed by atoms with Gasteiger partial charge in [0.05, 0.1) is 12.3 Å². The Morgan fingerprint density at radius 3 is 2.83 bits per heavy atom. The number of fused-ring (bicyclic) bond motifs is 1. The summed E-state index contributed by atoms with van der Waals surface area (Å²) in [5, 5.41) is 8.03. The van der Waals surface area contributed by atoms with Gasteiger partial charge in [-0.2, -0.15) is 9.61 Å². The maximum atomic E-state index is 5.69. The molecule has 1 saturated heterocycles. The predicted octanol–water partition coefficient (Wildman–Crippen LogP) is 3.60. The van der Waals surface area contributed by atoms with Crippen molar-refractivity contribution in [2.75, 3.05) is 18.5 Å². The molecule has 1 atom stereocenters. The van der Waals surface area contributed by atoms with Crippen molar-refractivity contribution >= 4 is 11.5 Å². The summed E-state index contributed by atoms with van der Waals surface area (Å²) < 4.78 is 7.58. The van der Waals surface area contributed by atoms with E-state index in [2.05, 4.69) is 41.6 Å². The summed E-state index contributed by atoms with van der Waals surface area (Å²) in [6.45, 7) is 5.79. The Hall–Kier alpha value is -2.40. The quantitative estimate of drug-likeness (QED) is 0.797. The molecule has 0 aliphatic carbocycles.